The average Bonchev–Trinajstić information content (AvgIpc) is 2.29. The van der Waals surface area contributed by atoms with Gasteiger partial charge in [0.2, 0.25) is 0 Å². The number of hydrogen-bond donors (Lipinski definition) is 1. The largest absolute Gasteiger partial charge is 0.466 e. The lowest BCUT2D eigenvalue weighted by Crippen LogP contribution is -2.02. The number of hydrogen-bond acceptors (Lipinski definition) is 3. The Morgan fingerprint density at radius 2 is 2.12 bits per heavy atom. The van der Waals surface area contributed by atoms with Gasteiger partial charge in [0.25, 0.3) is 0 Å². The molecule has 0 unspecified atom stereocenters. The van der Waals surface area contributed by atoms with E-state index in [2.05, 4.69) is 4.74 Å². The number of carbonyl (C=O) groups is 1. The van der Waals surface area contributed by atoms with Crippen LogP contribution >= 0.6 is 11.6 Å². The molecule has 0 aliphatic rings. The van der Waals surface area contributed by atoms with E-state index in [4.69, 9.17) is 17.3 Å². The highest BCUT2D eigenvalue weighted by molar-refractivity contribution is 6.33. The van der Waals surface area contributed by atoms with Gasteiger partial charge in [-0.25, -0.2) is 4.79 Å². The van der Waals surface area contributed by atoms with E-state index >= 15 is 0 Å². The Labute approximate surface area is 106 Å². The first-order valence-electron chi connectivity index (χ1n) is 5.30. The molecule has 17 heavy (non-hydrogen) atoms. The van der Waals surface area contributed by atoms with Crippen LogP contribution in [0, 0.1) is 5.92 Å². The molecule has 1 aromatic carbocycles. The second kappa shape index (κ2) is 5.73. The van der Waals surface area contributed by atoms with Crippen LogP contribution in [0.25, 0.3) is 5.57 Å². The molecule has 0 radical (unpaired) electrons. The van der Waals surface area contributed by atoms with E-state index in [0.29, 0.717) is 10.7 Å². The summed E-state index contributed by atoms with van der Waals surface area (Å²) in [7, 11) is 1.35. The highest BCUT2D eigenvalue weighted by atomic mass is 35.5. The predicted molar refractivity (Wildman–Crippen MR) is 70.7 cm³/mol. The maximum Gasteiger partial charge on any atom is 0.330 e. The number of ether oxygens (including phenoxy) is 1. The second-order valence-electron chi connectivity index (χ2n) is 4.01. The van der Waals surface area contributed by atoms with E-state index < -0.39 is 0 Å². The lowest BCUT2D eigenvalue weighted by Gasteiger charge is -2.12. The minimum Gasteiger partial charge on any atom is -0.466 e. The molecule has 4 heteroatoms. The van der Waals surface area contributed by atoms with Crippen molar-refractivity contribution in [3.05, 3.63) is 34.9 Å². The molecule has 0 spiro atoms. The van der Waals surface area contributed by atoms with Crippen molar-refractivity contribution >= 4 is 28.8 Å². The third-order valence-electron chi connectivity index (χ3n) is 2.43. The maximum absolute atomic E-state index is 11.3. The maximum atomic E-state index is 11.3. The summed E-state index contributed by atoms with van der Waals surface area (Å²) in [4.78, 5) is 11.3. The van der Waals surface area contributed by atoms with Gasteiger partial charge in [0.15, 0.2) is 0 Å². The van der Waals surface area contributed by atoms with Crippen LogP contribution in [0.4, 0.5) is 5.69 Å². The van der Waals surface area contributed by atoms with E-state index in [1.807, 2.05) is 19.9 Å². The Morgan fingerprint density at radius 1 is 1.47 bits per heavy atom. The van der Waals surface area contributed by atoms with Gasteiger partial charge < -0.3 is 10.5 Å². The molecule has 92 valence electrons. The van der Waals surface area contributed by atoms with Crippen LogP contribution in [0.2, 0.25) is 5.02 Å². The van der Waals surface area contributed by atoms with Gasteiger partial charge in [0.05, 0.1) is 17.8 Å². The monoisotopic (exact) mass is 253 g/mol. The van der Waals surface area contributed by atoms with Crippen molar-refractivity contribution in [3.63, 3.8) is 0 Å². The van der Waals surface area contributed by atoms with E-state index in [1.54, 1.807) is 12.1 Å². The normalized spacial score (nSPS) is 11.7. The SMILES string of the molecule is COC(=O)C=C(c1ccc(Cl)c(N)c1)C(C)C. The molecule has 0 saturated heterocycles. The fourth-order valence-electron chi connectivity index (χ4n) is 1.49. The van der Waals surface area contributed by atoms with Crippen molar-refractivity contribution in [2.24, 2.45) is 5.92 Å². The fraction of sp³-hybridized carbons (Fsp3) is 0.308. The Hall–Kier alpha value is -1.48. The number of halogens is 1. The zero-order chi connectivity index (χ0) is 13.0. The first kappa shape index (κ1) is 13.6. The summed E-state index contributed by atoms with van der Waals surface area (Å²) in [6.07, 6.45) is 1.48. The van der Waals surface area contributed by atoms with Gasteiger partial charge in [-0.1, -0.05) is 31.5 Å². The lowest BCUT2D eigenvalue weighted by molar-refractivity contribution is -0.134. The molecule has 0 saturated carbocycles. The summed E-state index contributed by atoms with van der Waals surface area (Å²) < 4.78 is 4.63. The summed E-state index contributed by atoms with van der Waals surface area (Å²) >= 11 is 5.86. The Morgan fingerprint density at radius 3 is 2.59 bits per heavy atom. The molecule has 0 aliphatic carbocycles. The zero-order valence-electron chi connectivity index (χ0n) is 10.2. The molecule has 0 bridgehead atoms. The molecule has 2 N–H and O–H groups in total. The fourth-order valence-corrected chi connectivity index (χ4v) is 1.61. The molecule has 0 fully saturated rings. The van der Waals surface area contributed by atoms with Gasteiger partial charge in [0, 0.05) is 6.08 Å². The van der Waals surface area contributed by atoms with E-state index in [-0.39, 0.29) is 11.9 Å². The molecule has 0 amide bonds. The number of nitrogen functional groups attached to an aromatic ring is 1. The van der Waals surface area contributed by atoms with Gasteiger partial charge in [-0.3, -0.25) is 0 Å². The standard InChI is InChI=1S/C13H16ClNO2/c1-8(2)10(7-13(16)17-3)9-4-5-11(14)12(15)6-9/h4-8H,15H2,1-3H3. The van der Waals surface area contributed by atoms with Crippen molar-refractivity contribution in [1.82, 2.24) is 0 Å². The molecule has 0 heterocycles. The number of benzene rings is 1. The molecule has 3 nitrogen and oxygen atoms in total. The van der Waals surface area contributed by atoms with Crippen LogP contribution in [-0.2, 0) is 9.53 Å². The van der Waals surface area contributed by atoms with Gasteiger partial charge in [-0.15, -0.1) is 0 Å². The molecular formula is C13H16ClNO2. The minimum atomic E-state index is -0.373. The number of allylic oxidation sites excluding steroid dienone is 1. The van der Waals surface area contributed by atoms with Crippen LogP contribution in [0.5, 0.6) is 0 Å². The Bertz CT molecular complexity index is 453. The third-order valence-corrected chi connectivity index (χ3v) is 2.77. The van der Waals surface area contributed by atoms with Crippen LogP contribution in [-0.4, -0.2) is 13.1 Å². The van der Waals surface area contributed by atoms with Gasteiger partial charge in [0.1, 0.15) is 0 Å². The van der Waals surface area contributed by atoms with Gasteiger partial charge in [-0.05, 0) is 29.2 Å². The summed E-state index contributed by atoms with van der Waals surface area (Å²) in [5, 5.41) is 0.509. The van der Waals surface area contributed by atoms with Crippen LogP contribution in [0.15, 0.2) is 24.3 Å². The summed E-state index contributed by atoms with van der Waals surface area (Å²) in [5.74, 6) is -0.183. The number of nitrogens with two attached hydrogens (primary N) is 1. The van der Waals surface area contributed by atoms with Crippen LogP contribution in [0.1, 0.15) is 19.4 Å². The van der Waals surface area contributed by atoms with Crippen molar-refractivity contribution < 1.29 is 9.53 Å². The number of anilines is 1. The second-order valence-corrected chi connectivity index (χ2v) is 4.42. The predicted octanol–water partition coefficient (Wildman–Crippen LogP) is 3.13. The quantitative estimate of drug-likeness (QED) is 0.512. The molecule has 0 aliphatic heterocycles. The molecule has 1 aromatic rings. The van der Waals surface area contributed by atoms with Crippen molar-refractivity contribution in [3.8, 4) is 0 Å². The zero-order valence-corrected chi connectivity index (χ0v) is 10.9. The Kier molecular flexibility index (Phi) is 4.58. The number of carbonyl (C=O) groups excluding carboxylic acids is 1. The first-order chi connectivity index (χ1) is 7.95. The van der Waals surface area contributed by atoms with Crippen LogP contribution in [0.3, 0.4) is 0 Å². The summed E-state index contributed by atoms with van der Waals surface area (Å²) in [5.41, 5.74) is 8.00. The van der Waals surface area contributed by atoms with Crippen molar-refractivity contribution in [2.75, 3.05) is 12.8 Å². The van der Waals surface area contributed by atoms with Crippen LogP contribution < -0.4 is 5.73 Å². The van der Waals surface area contributed by atoms with E-state index in [1.165, 1.54) is 13.2 Å². The molecule has 1 rings (SSSR count). The van der Waals surface area contributed by atoms with Gasteiger partial charge in [-0.2, -0.15) is 0 Å². The Balaban J connectivity index is 3.19. The van der Waals surface area contributed by atoms with E-state index in [0.717, 1.165) is 11.1 Å². The highest BCUT2D eigenvalue weighted by Gasteiger charge is 2.10. The smallest absolute Gasteiger partial charge is 0.330 e. The lowest BCUT2D eigenvalue weighted by atomic mass is 9.94. The average molecular weight is 254 g/mol. The number of methoxy groups -OCH3 is 1. The summed E-state index contributed by atoms with van der Waals surface area (Å²) in [6, 6.07) is 5.32. The molecule has 0 aromatic heterocycles. The molecular weight excluding hydrogens is 238 g/mol. The van der Waals surface area contributed by atoms with Crippen molar-refractivity contribution in [2.45, 2.75) is 13.8 Å². The summed E-state index contributed by atoms with van der Waals surface area (Å²) in [6.45, 7) is 4.00. The molecule has 0 atom stereocenters. The van der Waals surface area contributed by atoms with Crippen molar-refractivity contribution in [1.29, 1.82) is 0 Å². The third kappa shape index (κ3) is 3.49. The minimum absolute atomic E-state index is 0.190. The highest BCUT2D eigenvalue weighted by Crippen LogP contribution is 2.28. The van der Waals surface area contributed by atoms with Gasteiger partial charge >= 0.3 is 5.97 Å². The number of esters is 1. The first-order valence-corrected chi connectivity index (χ1v) is 5.68. The van der Waals surface area contributed by atoms with E-state index in [9.17, 15) is 4.79 Å². The topological polar surface area (TPSA) is 52.3 Å². The number of rotatable bonds is 3.